The average Bonchev–Trinajstić information content (AvgIpc) is 3.50. The van der Waals surface area contributed by atoms with E-state index in [9.17, 15) is 4.79 Å². The smallest absolute Gasteiger partial charge is 0.276 e. The van der Waals surface area contributed by atoms with Crippen LogP contribution in [0.4, 0.5) is 5.69 Å². The topological polar surface area (TPSA) is 92.4 Å². The predicted molar refractivity (Wildman–Crippen MR) is 135 cm³/mol. The van der Waals surface area contributed by atoms with Crippen LogP contribution >= 0.6 is 15.9 Å². The van der Waals surface area contributed by atoms with Gasteiger partial charge in [-0.3, -0.25) is 9.48 Å². The second kappa shape index (κ2) is 11.6. The third-order valence-electron chi connectivity index (χ3n) is 4.89. The SMILES string of the molecule is CCOc1ccc(Cn2cc(NC(=O)c3ccn(COc4ccc(Br)cc4)n3)cn2)cc1OCC. The van der Waals surface area contributed by atoms with E-state index in [4.69, 9.17) is 14.2 Å². The van der Waals surface area contributed by atoms with Gasteiger partial charge in [0.15, 0.2) is 23.9 Å². The van der Waals surface area contributed by atoms with Crippen molar-refractivity contribution >= 4 is 27.5 Å². The highest BCUT2D eigenvalue weighted by atomic mass is 79.9. The summed E-state index contributed by atoms with van der Waals surface area (Å²) in [5.74, 6) is 1.80. The molecule has 0 saturated carbocycles. The summed E-state index contributed by atoms with van der Waals surface area (Å²) in [7, 11) is 0. The lowest BCUT2D eigenvalue weighted by molar-refractivity contribution is 0.102. The Kier molecular flexibility index (Phi) is 8.04. The minimum Gasteiger partial charge on any atom is -0.490 e. The molecule has 1 N–H and O–H groups in total. The van der Waals surface area contributed by atoms with Crippen LogP contribution in [0.5, 0.6) is 17.2 Å². The molecule has 1 amide bonds. The van der Waals surface area contributed by atoms with Crippen molar-refractivity contribution in [2.45, 2.75) is 27.1 Å². The van der Waals surface area contributed by atoms with Crippen LogP contribution in [-0.4, -0.2) is 38.7 Å². The maximum atomic E-state index is 12.6. The molecule has 2 heterocycles. The first-order chi connectivity index (χ1) is 17.0. The maximum Gasteiger partial charge on any atom is 0.276 e. The van der Waals surface area contributed by atoms with Crippen molar-refractivity contribution in [3.05, 3.63) is 82.9 Å². The summed E-state index contributed by atoms with van der Waals surface area (Å²) in [4.78, 5) is 12.6. The van der Waals surface area contributed by atoms with Crippen LogP contribution in [-0.2, 0) is 13.3 Å². The van der Waals surface area contributed by atoms with Crippen molar-refractivity contribution in [1.82, 2.24) is 19.6 Å². The number of anilines is 1. The third kappa shape index (κ3) is 6.63. The highest BCUT2D eigenvalue weighted by Crippen LogP contribution is 2.29. The van der Waals surface area contributed by atoms with Gasteiger partial charge < -0.3 is 19.5 Å². The maximum absolute atomic E-state index is 12.6. The molecule has 0 spiro atoms. The van der Waals surface area contributed by atoms with E-state index in [-0.39, 0.29) is 18.3 Å². The van der Waals surface area contributed by atoms with E-state index in [0.29, 0.717) is 42.7 Å². The number of carbonyl (C=O) groups excluding carboxylic acids is 1. The molecule has 0 aliphatic heterocycles. The number of aromatic nitrogens is 4. The number of nitrogens with zero attached hydrogens (tertiary/aromatic N) is 4. The molecule has 2 aromatic carbocycles. The molecule has 0 bridgehead atoms. The van der Waals surface area contributed by atoms with Gasteiger partial charge in [-0.1, -0.05) is 22.0 Å². The molecule has 0 saturated heterocycles. The summed E-state index contributed by atoms with van der Waals surface area (Å²) in [6, 6.07) is 14.9. The fourth-order valence-corrected chi connectivity index (χ4v) is 3.58. The Balaban J connectivity index is 1.33. The molecule has 4 rings (SSSR count). The molecule has 35 heavy (non-hydrogen) atoms. The summed E-state index contributed by atoms with van der Waals surface area (Å²) in [5, 5.41) is 11.5. The Morgan fingerprint density at radius 3 is 2.51 bits per heavy atom. The molecule has 0 aliphatic rings. The molecular formula is C25H26BrN5O4. The van der Waals surface area contributed by atoms with Crippen LogP contribution in [0.2, 0.25) is 0 Å². The highest BCUT2D eigenvalue weighted by Gasteiger charge is 2.12. The van der Waals surface area contributed by atoms with E-state index in [0.717, 1.165) is 10.0 Å². The largest absolute Gasteiger partial charge is 0.490 e. The zero-order valence-electron chi connectivity index (χ0n) is 19.5. The summed E-state index contributed by atoms with van der Waals surface area (Å²) in [6.07, 6.45) is 5.06. The molecule has 10 heteroatoms. The van der Waals surface area contributed by atoms with Crippen LogP contribution in [0.1, 0.15) is 29.9 Å². The summed E-state index contributed by atoms with van der Waals surface area (Å²) in [6.45, 7) is 5.70. The first kappa shape index (κ1) is 24.3. The van der Waals surface area contributed by atoms with Crippen molar-refractivity contribution < 1.29 is 19.0 Å². The van der Waals surface area contributed by atoms with Crippen molar-refractivity contribution in [3.63, 3.8) is 0 Å². The number of rotatable bonds is 11. The normalized spacial score (nSPS) is 10.7. The zero-order chi connectivity index (χ0) is 24.6. The average molecular weight is 540 g/mol. The van der Waals surface area contributed by atoms with Crippen molar-refractivity contribution in [2.24, 2.45) is 0 Å². The number of carbonyl (C=O) groups is 1. The van der Waals surface area contributed by atoms with Crippen molar-refractivity contribution in [3.8, 4) is 17.2 Å². The molecule has 4 aromatic rings. The summed E-state index contributed by atoms with van der Waals surface area (Å²) >= 11 is 3.39. The van der Waals surface area contributed by atoms with Crippen LogP contribution in [0.25, 0.3) is 0 Å². The standard InChI is InChI=1S/C25H26BrN5O4/c1-3-33-23-10-5-18(13-24(23)34-4-2)15-31-16-20(14-27-31)28-25(32)22-11-12-30(29-22)17-35-21-8-6-19(26)7-9-21/h5-14,16H,3-4,15,17H2,1-2H3,(H,28,32). The van der Waals surface area contributed by atoms with Gasteiger partial charge in [-0.2, -0.15) is 10.2 Å². The van der Waals surface area contributed by atoms with E-state index in [1.807, 2.05) is 56.3 Å². The van der Waals surface area contributed by atoms with Crippen molar-refractivity contribution in [1.29, 1.82) is 0 Å². The minimum atomic E-state index is -0.327. The van der Waals surface area contributed by atoms with Gasteiger partial charge >= 0.3 is 0 Å². The molecule has 0 aliphatic carbocycles. The van der Waals surface area contributed by atoms with Crippen molar-refractivity contribution in [2.75, 3.05) is 18.5 Å². The number of hydrogen-bond acceptors (Lipinski definition) is 6. The first-order valence-electron chi connectivity index (χ1n) is 11.2. The third-order valence-corrected chi connectivity index (χ3v) is 5.42. The lowest BCUT2D eigenvalue weighted by Crippen LogP contribution is -2.14. The number of hydrogen-bond donors (Lipinski definition) is 1. The highest BCUT2D eigenvalue weighted by molar-refractivity contribution is 9.10. The molecule has 9 nitrogen and oxygen atoms in total. The Hall–Kier alpha value is -3.79. The van der Waals surface area contributed by atoms with Crippen LogP contribution < -0.4 is 19.5 Å². The molecule has 0 unspecified atom stereocenters. The fourth-order valence-electron chi connectivity index (χ4n) is 3.32. The van der Waals surface area contributed by atoms with Gasteiger partial charge in [-0.05, 0) is 61.9 Å². The minimum absolute atomic E-state index is 0.193. The van der Waals surface area contributed by atoms with Crippen LogP contribution in [0.15, 0.2) is 71.6 Å². The molecule has 2 aromatic heterocycles. The van der Waals surface area contributed by atoms with Gasteiger partial charge in [0, 0.05) is 16.9 Å². The Morgan fingerprint density at radius 1 is 0.971 bits per heavy atom. The van der Waals surface area contributed by atoms with Gasteiger partial charge in [0.1, 0.15) is 5.75 Å². The van der Waals surface area contributed by atoms with E-state index in [1.165, 1.54) is 0 Å². The lowest BCUT2D eigenvalue weighted by Gasteiger charge is -2.12. The first-order valence-corrected chi connectivity index (χ1v) is 12.0. The number of halogens is 1. The number of amides is 1. The van der Waals surface area contributed by atoms with Gasteiger partial charge in [0.2, 0.25) is 0 Å². The fraction of sp³-hybridized carbons (Fsp3) is 0.240. The molecule has 0 fully saturated rings. The van der Waals surface area contributed by atoms with Crippen LogP contribution in [0, 0.1) is 0 Å². The van der Waals surface area contributed by atoms with E-state index in [2.05, 4.69) is 31.4 Å². The number of ether oxygens (including phenoxy) is 3. The molecular weight excluding hydrogens is 514 g/mol. The predicted octanol–water partition coefficient (Wildman–Crippen LogP) is 4.98. The molecule has 0 radical (unpaired) electrons. The van der Waals surface area contributed by atoms with E-state index < -0.39 is 0 Å². The monoisotopic (exact) mass is 539 g/mol. The van der Waals surface area contributed by atoms with E-state index >= 15 is 0 Å². The molecule has 182 valence electrons. The number of nitrogens with one attached hydrogen (secondary N) is 1. The van der Waals surface area contributed by atoms with Gasteiger partial charge in [0.05, 0.1) is 31.6 Å². The Morgan fingerprint density at radius 2 is 1.74 bits per heavy atom. The Labute approximate surface area is 211 Å². The molecule has 0 atom stereocenters. The number of benzene rings is 2. The quantitative estimate of drug-likeness (QED) is 0.289. The van der Waals surface area contributed by atoms with E-state index in [1.54, 1.807) is 34.0 Å². The lowest BCUT2D eigenvalue weighted by atomic mass is 10.2. The second-order valence-corrected chi connectivity index (χ2v) is 8.41. The van der Waals surface area contributed by atoms with Gasteiger partial charge in [-0.15, -0.1) is 0 Å². The second-order valence-electron chi connectivity index (χ2n) is 7.50. The summed E-state index contributed by atoms with van der Waals surface area (Å²) < 4.78 is 21.3. The van der Waals surface area contributed by atoms with Gasteiger partial charge in [-0.25, -0.2) is 4.68 Å². The Bertz CT molecular complexity index is 1270. The van der Waals surface area contributed by atoms with Gasteiger partial charge in [0.25, 0.3) is 5.91 Å². The summed E-state index contributed by atoms with van der Waals surface area (Å²) in [5.41, 5.74) is 1.86. The zero-order valence-corrected chi connectivity index (χ0v) is 21.1. The van der Waals surface area contributed by atoms with Crippen LogP contribution in [0.3, 0.4) is 0 Å².